The molecule has 0 aromatic heterocycles. The molecule has 2 aliphatic rings. The van der Waals surface area contributed by atoms with Gasteiger partial charge in [-0.15, -0.1) is 0 Å². The molecule has 1 fully saturated rings. The zero-order chi connectivity index (χ0) is 19.6. The first-order valence-corrected chi connectivity index (χ1v) is 8.61. The maximum atomic E-state index is 12.2. The van der Waals surface area contributed by atoms with Crippen LogP contribution in [0.5, 0.6) is 0 Å². The highest BCUT2D eigenvalue weighted by Gasteiger charge is 2.58. The number of aliphatic hydroxyl groups excluding tert-OH is 1. The highest BCUT2D eigenvalue weighted by atomic mass is 16.6. The lowest BCUT2D eigenvalue weighted by Crippen LogP contribution is -2.56. The number of fused-ring (bicyclic) bond motifs is 1. The normalized spacial score (nSPS) is 33.0. The molecule has 1 heterocycles. The Balaban J connectivity index is 2.51. The number of esters is 2. The number of hydrogen-bond donors (Lipinski definition) is 2. The van der Waals surface area contributed by atoms with Gasteiger partial charge in [-0.3, -0.25) is 0 Å². The SMILES string of the molecule is C=C1C(=O)OC2C=C(C)CCC=C(C)C(OC(=O)C(C)=CC)C(O)C12O. The Labute approximate surface area is 153 Å². The van der Waals surface area contributed by atoms with Gasteiger partial charge in [-0.1, -0.05) is 24.3 Å². The van der Waals surface area contributed by atoms with Gasteiger partial charge in [0.05, 0.1) is 5.57 Å². The number of carbonyl (C=O) groups excluding carboxylic acids is 2. The van der Waals surface area contributed by atoms with E-state index in [2.05, 4.69) is 6.58 Å². The Morgan fingerprint density at radius 2 is 2.12 bits per heavy atom. The third-order valence-electron chi connectivity index (χ3n) is 5.01. The molecular weight excluding hydrogens is 336 g/mol. The second kappa shape index (κ2) is 7.60. The number of ether oxygens (including phenoxy) is 2. The van der Waals surface area contributed by atoms with E-state index >= 15 is 0 Å². The molecule has 4 atom stereocenters. The molecule has 0 saturated carbocycles. The van der Waals surface area contributed by atoms with Crippen LogP contribution >= 0.6 is 0 Å². The molecule has 142 valence electrons. The molecule has 0 radical (unpaired) electrons. The van der Waals surface area contributed by atoms with E-state index in [0.717, 1.165) is 5.57 Å². The monoisotopic (exact) mass is 362 g/mol. The van der Waals surface area contributed by atoms with Gasteiger partial charge in [0, 0.05) is 5.57 Å². The van der Waals surface area contributed by atoms with Crippen LogP contribution in [0, 0.1) is 0 Å². The van der Waals surface area contributed by atoms with E-state index < -0.39 is 35.9 Å². The fourth-order valence-electron chi connectivity index (χ4n) is 3.07. The fraction of sp³-hybridized carbons (Fsp3) is 0.500. The molecule has 6 nitrogen and oxygen atoms in total. The van der Waals surface area contributed by atoms with Crippen molar-refractivity contribution < 1.29 is 29.3 Å². The van der Waals surface area contributed by atoms with Gasteiger partial charge in [0.25, 0.3) is 0 Å². The van der Waals surface area contributed by atoms with Crippen LogP contribution in [0.25, 0.3) is 0 Å². The molecule has 1 aliphatic carbocycles. The molecule has 0 aromatic carbocycles. The van der Waals surface area contributed by atoms with Gasteiger partial charge in [0.2, 0.25) is 0 Å². The van der Waals surface area contributed by atoms with Gasteiger partial charge in [0.1, 0.15) is 6.10 Å². The Bertz CT molecular complexity index is 714. The lowest BCUT2D eigenvalue weighted by molar-refractivity contribution is -0.163. The van der Waals surface area contributed by atoms with Gasteiger partial charge < -0.3 is 19.7 Å². The summed E-state index contributed by atoms with van der Waals surface area (Å²) in [7, 11) is 0. The summed E-state index contributed by atoms with van der Waals surface area (Å²) in [5.74, 6) is -1.39. The van der Waals surface area contributed by atoms with E-state index in [1.807, 2.05) is 13.0 Å². The number of hydrogen-bond acceptors (Lipinski definition) is 6. The minimum Gasteiger partial charge on any atom is -0.452 e. The van der Waals surface area contributed by atoms with Crippen LogP contribution in [0.4, 0.5) is 0 Å². The number of aliphatic hydroxyl groups is 2. The van der Waals surface area contributed by atoms with Crippen molar-refractivity contribution in [2.24, 2.45) is 0 Å². The minimum absolute atomic E-state index is 0.253. The van der Waals surface area contributed by atoms with E-state index in [1.54, 1.807) is 32.9 Å². The Kier molecular flexibility index (Phi) is 5.88. The molecule has 6 heteroatoms. The molecule has 0 amide bonds. The minimum atomic E-state index is -2.08. The average Bonchev–Trinajstić information content (AvgIpc) is 2.81. The van der Waals surface area contributed by atoms with Crippen LogP contribution in [0.2, 0.25) is 0 Å². The van der Waals surface area contributed by atoms with Crippen LogP contribution < -0.4 is 0 Å². The Hall–Kier alpha value is -2.18. The number of carbonyl (C=O) groups is 2. The van der Waals surface area contributed by atoms with E-state index in [0.29, 0.717) is 24.0 Å². The summed E-state index contributed by atoms with van der Waals surface area (Å²) in [6.07, 6.45) is 2.57. The van der Waals surface area contributed by atoms with Gasteiger partial charge in [-0.05, 0) is 52.2 Å². The van der Waals surface area contributed by atoms with E-state index in [4.69, 9.17) is 9.47 Å². The van der Waals surface area contributed by atoms with Crippen LogP contribution in [0.15, 0.2) is 47.1 Å². The molecule has 0 aromatic rings. The zero-order valence-electron chi connectivity index (χ0n) is 15.6. The van der Waals surface area contributed by atoms with Gasteiger partial charge >= 0.3 is 11.9 Å². The maximum Gasteiger partial charge on any atom is 0.337 e. The van der Waals surface area contributed by atoms with Crippen LogP contribution in [0.3, 0.4) is 0 Å². The van der Waals surface area contributed by atoms with Crippen LogP contribution in [-0.2, 0) is 19.1 Å². The summed E-state index contributed by atoms with van der Waals surface area (Å²) in [6.45, 7) is 10.5. The molecule has 2 N–H and O–H groups in total. The maximum absolute atomic E-state index is 12.2. The van der Waals surface area contributed by atoms with Crippen molar-refractivity contribution in [3.05, 3.63) is 47.1 Å². The largest absolute Gasteiger partial charge is 0.452 e. The fourth-order valence-corrected chi connectivity index (χ4v) is 3.07. The smallest absolute Gasteiger partial charge is 0.337 e. The van der Waals surface area contributed by atoms with Crippen molar-refractivity contribution >= 4 is 11.9 Å². The molecule has 26 heavy (non-hydrogen) atoms. The summed E-state index contributed by atoms with van der Waals surface area (Å²) in [5, 5.41) is 22.1. The van der Waals surface area contributed by atoms with Crippen LogP contribution in [-0.4, -0.2) is 46.1 Å². The second-order valence-corrected chi connectivity index (χ2v) is 6.87. The van der Waals surface area contributed by atoms with Crippen molar-refractivity contribution in [2.45, 2.75) is 64.4 Å². The standard InChI is InChI=1S/C20H26O6/c1-6-12(3)18(22)26-16-13(4)9-7-8-11(2)10-15-20(24,17(16)21)14(5)19(23)25-15/h6,9-10,15-17,21,24H,5,7-8H2,1-4H3. The quantitative estimate of drug-likeness (QED) is 0.444. The Morgan fingerprint density at radius 3 is 2.73 bits per heavy atom. The summed E-state index contributed by atoms with van der Waals surface area (Å²) >= 11 is 0. The number of allylic oxidation sites excluding steroid dienone is 3. The zero-order valence-corrected chi connectivity index (χ0v) is 15.6. The van der Waals surface area contributed by atoms with Crippen molar-refractivity contribution in [3.63, 3.8) is 0 Å². The van der Waals surface area contributed by atoms with Crippen molar-refractivity contribution in [1.29, 1.82) is 0 Å². The first-order chi connectivity index (χ1) is 12.1. The lowest BCUT2D eigenvalue weighted by Gasteiger charge is -2.36. The van der Waals surface area contributed by atoms with Crippen molar-refractivity contribution in [1.82, 2.24) is 0 Å². The van der Waals surface area contributed by atoms with Gasteiger partial charge in [-0.2, -0.15) is 0 Å². The predicted molar refractivity (Wildman–Crippen MR) is 96.0 cm³/mol. The average molecular weight is 362 g/mol. The topological polar surface area (TPSA) is 93.1 Å². The van der Waals surface area contributed by atoms with Gasteiger partial charge in [-0.25, -0.2) is 9.59 Å². The lowest BCUT2D eigenvalue weighted by atomic mass is 9.79. The molecule has 4 unspecified atom stereocenters. The molecule has 1 saturated heterocycles. The van der Waals surface area contributed by atoms with Crippen LogP contribution in [0.1, 0.15) is 40.5 Å². The molecular formula is C20H26O6. The molecule has 2 rings (SSSR count). The predicted octanol–water partition coefficient (Wildman–Crippen LogP) is 2.12. The summed E-state index contributed by atoms with van der Waals surface area (Å²) < 4.78 is 10.7. The molecule has 0 bridgehead atoms. The number of rotatable bonds is 2. The van der Waals surface area contributed by atoms with E-state index in [9.17, 15) is 19.8 Å². The second-order valence-electron chi connectivity index (χ2n) is 6.87. The summed E-state index contributed by atoms with van der Waals surface area (Å²) in [5.41, 5.74) is -0.467. The van der Waals surface area contributed by atoms with Crippen molar-refractivity contribution in [2.75, 3.05) is 0 Å². The summed E-state index contributed by atoms with van der Waals surface area (Å²) in [4.78, 5) is 24.2. The van der Waals surface area contributed by atoms with E-state index in [1.165, 1.54) is 0 Å². The molecule has 0 spiro atoms. The highest BCUT2D eigenvalue weighted by molar-refractivity contribution is 5.93. The first kappa shape index (κ1) is 20.1. The third-order valence-corrected chi connectivity index (χ3v) is 5.01. The third kappa shape index (κ3) is 3.52. The Morgan fingerprint density at radius 1 is 1.46 bits per heavy atom. The van der Waals surface area contributed by atoms with Crippen molar-refractivity contribution in [3.8, 4) is 0 Å². The molecule has 1 aliphatic heterocycles. The van der Waals surface area contributed by atoms with Gasteiger partial charge in [0.15, 0.2) is 17.8 Å². The first-order valence-electron chi connectivity index (χ1n) is 8.61. The van der Waals surface area contributed by atoms with E-state index in [-0.39, 0.29) is 5.57 Å². The highest BCUT2D eigenvalue weighted by Crippen LogP contribution is 2.39. The summed E-state index contributed by atoms with van der Waals surface area (Å²) in [6, 6.07) is 0.